The van der Waals surface area contributed by atoms with Crippen molar-refractivity contribution in [3.8, 4) is 11.8 Å². The van der Waals surface area contributed by atoms with Crippen LogP contribution in [0.1, 0.15) is 72.1 Å². The molecule has 3 heteroatoms. The number of allylic oxidation sites excluding steroid dienone is 3. The first-order valence-electron chi connectivity index (χ1n) is 11.3. The Kier molecular flexibility index (Phi) is 4.36. The van der Waals surface area contributed by atoms with E-state index in [2.05, 4.69) is 38.7 Å². The van der Waals surface area contributed by atoms with Gasteiger partial charge in [-0.3, -0.25) is 0 Å². The highest BCUT2D eigenvalue weighted by Gasteiger charge is 2.60. The van der Waals surface area contributed by atoms with Crippen molar-refractivity contribution in [2.45, 2.75) is 83.5 Å². The van der Waals surface area contributed by atoms with Gasteiger partial charge in [0.1, 0.15) is 5.60 Å². The Morgan fingerprint density at radius 1 is 1.14 bits per heavy atom. The first kappa shape index (κ1) is 18.9. The zero-order valence-corrected chi connectivity index (χ0v) is 17.6. The number of aliphatic hydroxyl groups is 1. The summed E-state index contributed by atoms with van der Waals surface area (Å²) in [4.78, 5) is 0. The van der Waals surface area contributed by atoms with E-state index in [-0.39, 0.29) is 11.2 Å². The van der Waals surface area contributed by atoms with Gasteiger partial charge in [0.15, 0.2) is 5.79 Å². The number of hydrogen-bond donors (Lipinski definition) is 1. The molecule has 0 bridgehead atoms. The molecule has 28 heavy (non-hydrogen) atoms. The Hall–Kier alpha value is -1.08. The van der Waals surface area contributed by atoms with Crippen molar-refractivity contribution in [2.75, 3.05) is 13.2 Å². The fourth-order valence-corrected chi connectivity index (χ4v) is 6.78. The van der Waals surface area contributed by atoms with Gasteiger partial charge in [0.25, 0.3) is 0 Å². The third-order valence-corrected chi connectivity index (χ3v) is 8.36. The van der Waals surface area contributed by atoms with E-state index in [9.17, 15) is 5.11 Å². The van der Waals surface area contributed by atoms with Gasteiger partial charge < -0.3 is 14.6 Å². The van der Waals surface area contributed by atoms with E-state index in [1.54, 1.807) is 16.7 Å². The molecule has 152 valence electrons. The molecule has 4 atom stereocenters. The Morgan fingerprint density at radius 2 is 1.93 bits per heavy atom. The number of fused-ring (bicyclic) bond motifs is 4. The SMILES string of the molecule is CC(C)C#C[C@]1(O)CCC2C3CCC4=C(CCC5(C4)OCCO5)C3=CC[C@@]21C. The molecule has 0 aromatic carbocycles. The topological polar surface area (TPSA) is 38.7 Å². The van der Waals surface area contributed by atoms with E-state index in [0.717, 1.165) is 58.2 Å². The second-order valence-electron chi connectivity index (χ2n) is 10.2. The zero-order chi connectivity index (χ0) is 19.6. The molecule has 0 radical (unpaired) electrons. The van der Waals surface area contributed by atoms with Gasteiger partial charge in [-0.05, 0) is 61.5 Å². The average Bonchev–Trinajstić information content (AvgIpc) is 3.22. The summed E-state index contributed by atoms with van der Waals surface area (Å²) in [6, 6.07) is 0. The molecule has 0 aromatic heterocycles. The molecule has 1 aliphatic heterocycles. The highest BCUT2D eigenvalue weighted by atomic mass is 16.7. The van der Waals surface area contributed by atoms with E-state index in [1.807, 2.05) is 0 Å². The molecule has 5 aliphatic rings. The molecular formula is C25H34O3. The van der Waals surface area contributed by atoms with Gasteiger partial charge in [0.2, 0.25) is 0 Å². The monoisotopic (exact) mass is 382 g/mol. The molecule has 4 aliphatic carbocycles. The normalized spacial score (nSPS) is 41.2. The van der Waals surface area contributed by atoms with Gasteiger partial charge in [-0.15, -0.1) is 0 Å². The van der Waals surface area contributed by atoms with Gasteiger partial charge >= 0.3 is 0 Å². The van der Waals surface area contributed by atoms with Crippen LogP contribution in [0.3, 0.4) is 0 Å². The number of rotatable bonds is 0. The van der Waals surface area contributed by atoms with E-state index in [1.165, 1.54) is 6.42 Å². The van der Waals surface area contributed by atoms with Crippen molar-refractivity contribution in [1.29, 1.82) is 0 Å². The molecule has 1 saturated carbocycles. The lowest BCUT2D eigenvalue weighted by Gasteiger charge is -2.50. The lowest BCUT2D eigenvalue weighted by atomic mass is 9.56. The third kappa shape index (κ3) is 2.68. The summed E-state index contributed by atoms with van der Waals surface area (Å²) in [6.07, 6.45) is 10.7. The maximum atomic E-state index is 11.5. The Bertz CT molecular complexity index is 788. The number of ether oxygens (including phenoxy) is 2. The zero-order valence-electron chi connectivity index (χ0n) is 17.6. The first-order chi connectivity index (χ1) is 13.4. The van der Waals surface area contributed by atoms with Crippen molar-refractivity contribution in [3.63, 3.8) is 0 Å². The molecule has 2 unspecified atom stereocenters. The lowest BCUT2D eigenvalue weighted by Crippen LogP contribution is -2.48. The van der Waals surface area contributed by atoms with Crippen LogP contribution in [-0.2, 0) is 9.47 Å². The maximum absolute atomic E-state index is 11.5. The van der Waals surface area contributed by atoms with Crippen molar-refractivity contribution < 1.29 is 14.6 Å². The van der Waals surface area contributed by atoms with Crippen LogP contribution in [-0.4, -0.2) is 29.7 Å². The Morgan fingerprint density at radius 3 is 2.68 bits per heavy atom. The minimum atomic E-state index is -0.833. The minimum Gasteiger partial charge on any atom is -0.377 e. The predicted molar refractivity (Wildman–Crippen MR) is 109 cm³/mol. The first-order valence-corrected chi connectivity index (χ1v) is 11.3. The maximum Gasteiger partial charge on any atom is 0.172 e. The molecule has 1 heterocycles. The molecular weight excluding hydrogens is 348 g/mol. The van der Waals surface area contributed by atoms with E-state index in [4.69, 9.17) is 9.47 Å². The standard InChI is InChI=1S/C25H34O3/c1-17(2)6-11-24(26)12-9-22-21-5-4-18-16-25(27-14-15-28-25)13-8-19(18)20(21)7-10-23(22,24)3/h7,17,21-22,26H,4-5,8-10,12-16H2,1-3H3/t21?,22?,23-,24-/m0/s1. The number of hydrogen-bond acceptors (Lipinski definition) is 3. The summed E-state index contributed by atoms with van der Waals surface area (Å²) >= 11 is 0. The highest BCUT2D eigenvalue weighted by molar-refractivity contribution is 5.45. The average molecular weight is 383 g/mol. The molecule has 1 spiro atoms. The molecule has 1 N–H and O–H groups in total. The smallest absolute Gasteiger partial charge is 0.172 e. The second kappa shape index (κ2) is 6.46. The van der Waals surface area contributed by atoms with Crippen LogP contribution in [0.2, 0.25) is 0 Å². The molecule has 2 fully saturated rings. The Labute approximate surface area is 169 Å². The van der Waals surface area contributed by atoms with Crippen LogP contribution in [0.4, 0.5) is 0 Å². The molecule has 0 amide bonds. The summed E-state index contributed by atoms with van der Waals surface area (Å²) in [5.41, 5.74) is 3.83. The fourth-order valence-electron chi connectivity index (χ4n) is 6.78. The molecule has 0 aromatic rings. The van der Waals surface area contributed by atoms with Crippen LogP contribution in [0.5, 0.6) is 0 Å². The molecule has 1 saturated heterocycles. The van der Waals surface area contributed by atoms with E-state index < -0.39 is 5.60 Å². The van der Waals surface area contributed by atoms with Crippen molar-refractivity contribution in [1.82, 2.24) is 0 Å². The largest absolute Gasteiger partial charge is 0.377 e. The van der Waals surface area contributed by atoms with Crippen LogP contribution in [0, 0.1) is 35.0 Å². The van der Waals surface area contributed by atoms with Crippen molar-refractivity contribution >= 4 is 0 Å². The van der Waals surface area contributed by atoms with Crippen molar-refractivity contribution in [3.05, 3.63) is 22.8 Å². The van der Waals surface area contributed by atoms with Crippen molar-refractivity contribution in [2.24, 2.45) is 23.2 Å². The third-order valence-electron chi connectivity index (χ3n) is 8.36. The van der Waals surface area contributed by atoms with Gasteiger partial charge in [-0.2, -0.15) is 0 Å². The van der Waals surface area contributed by atoms with E-state index in [0.29, 0.717) is 17.8 Å². The second-order valence-corrected chi connectivity index (χ2v) is 10.2. The summed E-state index contributed by atoms with van der Waals surface area (Å²) in [6.45, 7) is 7.99. The summed E-state index contributed by atoms with van der Waals surface area (Å²) in [5.74, 6) is 7.70. The minimum absolute atomic E-state index is 0.116. The molecule has 5 rings (SSSR count). The van der Waals surface area contributed by atoms with Crippen LogP contribution < -0.4 is 0 Å². The Balaban J connectivity index is 1.46. The van der Waals surface area contributed by atoms with E-state index >= 15 is 0 Å². The van der Waals surface area contributed by atoms with Crippen LogP contribution in [0.25, 0.3) is 0 Å². The van der Waals surface area contributed by atoms with Gasteiger partial charge in [-0.1, -0.05) is 44.3 Å². The predicted octanol–water partition coefficient (Wildman–Crippen LogP) is 4.76. The van der Waals surface area contributed by atoms with Crippen LogP contribution in [0.15, 0.2) is 22.8 Å². The van der Waals surface area contributed by atoms with Gasteiger partial charge in [0, 0.05) is 24.2 Å². The summed E-state index contributed by atoms with van der Waals surface area (Å²) < 4.78 is 12.0. The lowest BCUT2D eigenvalue weighted by molar-refractivity contribution is -0.164. The fraction of sp³-hybridized carbons (Fsp3) is 0.760. The molecule has 3 nitrogen and oxygen atoms in total. The van der Waals surface area contributed by atoms with Gasteiger partial charge in [-0.25, -0.2) is 0 Å². The quantitative estimate of drug-likeness (QED) is 0.614. The van der Waals surface area contributed by atoms with Gasteiger partial charge in [0.05, 0.1) is 13.2 Å². The highest BCUT2D eigenvalue weighted by Crippen LogP contribution is 2.62. The summed E-state index contributed by atoms with van der Waals surface area (Å²) in [7, 11) is 0. The summed E-state index contributed by atoms with van der Waals surface area (Å²) in [5, 5.41) is 11.5. The van der Waals surface area contributed by atoms with Crippen LogP contribution >= 0.6 is 0 Å².